The molecule has 1 unspecified atom stereocenters. The van der Waals surface area contributed by atoms with Gasteiger partial charge >= 0.3 is 5.97 Å². The van der Waals surface area contributed by atoms with Crippen LogP contribution in [0.15, 0.2) is 24.8 Å². The van der Waals surface area contributed by atoms with Crippen LogP contribution in [0.25, 0.3) is 0 Å². The van der Waals surface area contributed by atoms with Crippen LogP contribution in [0, 0.1) is 29.6 Å². The molecule has 1 N–H and O–H groups in total. The van der Waals surface area contributed by atoms with E-state index in [-0.39, 0.29) is 0 Å². The van der Waals surface area contributed by atoms with Crippen molar-refractivity contribution in [1.82, 2.24) is 0 Å². The van der Waals surface area contributed by atoms with Gasteiger partial charge in [-0.1, -0.05) is 25.2 Å². The molecular formula is C17H26O2. The number of carboxylic acid groups (broad SMARTS) is 1. The summed E-state index contributed by atoms with van der Waals surface area (Å²) in [4.78, 5) is 10.8. The van der Waals surface area contributed by atoms with Crippen molar-refractivity contribution in [3.63, 3.8) is 0 Å². The zero-order chi connectivity index (χ0) is 13.8. The molecular weight excluding hydrogens is 236 g/mol. The van der Waals surface area contributed by atoms with Gasteiger partial charge in [0.05, 0.1) is 5.92 Å². The largest absolute Gasteiger partial charge is 0.481 e. The Kier molecular flexibility index (Phi) is 4.84. The van der Waals surface area contributed by atoms with Crippen LogP contribution in [0.2, 0.25) is 0 Å². The standard InChI is InChI=1S/C17H26O2/c1-3-13(17(18)19)7-5-4-6-8-16-12(2)14-9-10-15(16)11-14/h3-4,6,12-16H,1,5,7-11H2,2H3,(H,18,19)/b6-4+/t12-,13?,14+,15-,16-/m0/s1. The first-order valence-electron chi connectivity index (χ1n) is 7.63. The second kappa shape index (κ2) is 6.40. The van der Waals surface area contributed by atoms with E-state index in [2.05, 4.69) is 25.7 Å². The number of fused-ring (bicyclic) bond motifs is 2. The average Bonchev–Trinajstić information content (AvgIpc) is 2.95. The first-order chi connectivity index (χ1) is 9.13. The molecule has 19 heavy (non-hydrogen) atoms. The minimum atomic E-state index is -0.759. The van der Waals surface area contributed by atoms with Gasteiger partial charge in [-0.3, -0.25) is 4.79 Å². The Hall–Kier alpha value is -1.05. The normalized spacial score (nSPS) is 34.8. The third-order valence-corrected chi connectivity index (χ3v) is 5.36. The van der Waals surface area contributed by atoms with Crippen LogP contribution in [-0.2, 0) is 4.79 Å². The van der Waals surface area contributed by atoms with E-state index >= 15 is 0 Å². The first kappa shape index (κ1) is 14.4. The quantitative estimate of drug-likeness (QED) is 0.695. The van der Waals surface area contributed by atoms with E-state index in [0.717, 1.165) is 30.1 Å². The fraction of sp³-hybridized carbons (Fsp3) is 0.706. The molecule has 0 aliphatic heterocycles. The molecule has 0 heterocycles. The molecule has 0 saturated heterocycles. The molecule has 0 aromatic heterocycles. The number of allylic oxidation sites excluding steroid dienone is 2. The molecule has 2 heteroatoms. The molecule has 5 atom stereocenters. The van der Waals surface area contributed by atoms with E-state index in [9.17, 15) is 4.79 Å². The van der Waals surface area contributed by atoms with Gasteiger partial charge in [0, 0.05) is 0 Å². The van der Waals surface area contributed by atoms with Crippen molar-refractivity contribution < 1.29 is 9.90 Å². The van der Waals surface area contributed by atoms with E-state index in [0.29, 0.717) is 6.42 Å². The fourth-order valence-corrected chi connectivity index (χ4v) is 4.09. The van der Waals surface area contributed by atoms with Gasteiger partial charge in [0.1, 0.15) is 0 Å². The monoisotopic (exact) mass is 262 g/mol. The summed E-state index contributed by atoms with van der Waals surface area (Å²) in [6.07, 6.45) is 13.0. The summed E-state index contributed by atoms with van der Waals surface area (Å²) in [5.41, 5.74) is 0. The molecule has 0 radical (unpaired) electrons. The summed E-state index contributed by atoms with van der Waals surface area (Å²) in [6.45, 7) is 5.99. The SMILES string of the molecule is C=CC(CC/C=C/C[C@@H]1[C@H]2CC[C@H](C2)[C@@H]1C)C(=O)O. The number of hydrogen-bond acceptors (Lipinski definition) is 1. The Bertz CT molecular complexity index is 356. The van der Waals surface area contributed by atoms with Crippen molar-refractivity contribution in [3.8, 4) is 0 Å². The van der Waals surface area contributed by atoms with E-state index < -0.39 is 11.9 Å². The van der Waals surface area contributed by atoms with Crippen LogP contribution in [0.5, 0.6) is 0 Å². The van der Waals surface area contributed by atoms with Gasteiger partial charge in [-0.15, -0.1) is 6.58 Å². The topological polar surface area (TPSA) is 37.3 Å². The first-order valence-corrected chi connectivity index (χ1v) is 7.63. The summed E-state index contributed by atoms with van der Waals surface area (Å²) >= 11 is 0. The third kappa shape index (κ3) is 3.29. The zero-order valence-corrected chi connectivity index (χ0v) is 11.9. The highest BCUT2D eigenvalue weighted by Crippen LogP contribution is 2.53. The van der Waals surface area contributed by atoms with E-state index in [1.54, 1.807) is 0 Å². The van der Waals surface area contributed by atoms with Crippen molar-refractivity contribution >= 4 is 5.97 Å². The van der Waals surface area contributed by atoms with Crippen molar-refractivity contribution in [2.45, 2.75) is 45.4 Å². The Labute approximate surface area is 116 Å². The van der Waals surface area contributed by atoms with Crippen molar-refractivity contribution in [2.75, 3.05) is 0 Å². The summed E-state index contributed by atoms with van der Waals surface area (Å²) in [5, 5.41) is 8.91. The second-order valence-corrected chi connectivity index (χ2v) is 6.32. The molecule has 2 rings (SSSR count). The maximum atomic E-state index is 10.8. The maximum Gasteiger partial charge on any atom is 0.310 e. The number of hydrogen-bond donors (Lipinski definition) is 1. The summed E-state index contributed by atoms with van der Waals surface area (Å²) in [5.74, 6) is 2.56. The molecule has 2 aliphatic carbocycles. The van der Waals surface area contributed by atoms with E-state index in [1.807, 2.05) is 0 Å². The molecule has 2 aliphatic rings. The molecule has 106 valence electrons. The number of carboxylic acids is 1. The van der Waals surface area contributed by atoms with Gasteiger partial charge in [0.25, 0.3) is 0 Å². The highest BCUT2D eigenvalue weighted by Gasteiger charge is 2.44. The minimum absolute atomic E-state index is 0.397. The molecule has 0 aromatic carbocycles. The van der Waals surface area contributed by atoms with Gasteiger partial charge < -0.3 is 5.11 Å². The minimum Gasteiger partial charge on any atom is -0.481 e. The Balaban J connectivity index is 1.69. The lowest BCUT2D eigenvalue weighted by Gasteiger charge is -2.27. The lowest BCUT2D eigenvalue weighted by molar-refractivity contribution is -0.140. The number of aliphatic carboxylic acids is 1. The molecule has 2 nitrogen and oxygen atoms in total. The molecule has 0 spiro atoms. The van der Waals surface area contributed by atoms with Crippen molar-refractivity contribution in [2.24, 2.45) is 29.6 Å². The van der Waals surface area contributed by atoms with Crippen molar-refractivity contribution in [3.05, 3.63) is 24.8 Å². The summed E-state index contributed by atoms with van der Waals surface area (Å²) in [7, 11) is 0. The lowest BCUT2D eigenvalue weighted by atomic mass is 9.78. The highest BCUT2D eigenvalue weighted by molar-refractivity contribution is 5.71. The Morgan fingerprint density at radius 1 is 1.37 bits per heavy atom. The van der Waals surface area contributed by atoms with E-state index in [4.69, 9.17) is 5.11 Å². The average molecular weight is 262 g/mol. The van der Waals surface area contributed by atoms with Gasteiger partial charge in [0.2, 0.25) is 0 Å². The lowest BCUT2D eigenvalue weighted by Crippen LogP contribution is -2.18. The van der Waals surface area contributed by atoms with Crippen LogP contribution in [0.4, 0.5) is 0 Å². The molecule has 2 bridgehead atoms. The number of rotatable bonds is 7. The van der Waals surface area contributed by atoms with Gasteiger partial charge in [-0.25, -0.2) is 0 Å². The maximum absolute atomic E-state index is 10.8. The Morgan fingerprint density at radius 2 is 2.11 bits per heavy atom. The molecule has 0 amide bonds. The van der Waals surface area contributed by atoms with Crippen LogP contribution in [-0.4, -0.2) is 11.1 Å². The van der Waals surface area contributed by atoms with Crippen LogP contribution >= 0.6 is 0 Å². The molecule has 0 aromatic rings. The van der Waals surface area contributed by atoms with Gasteiger partial charge in [-0.2, -0.15) is 0 Å². The molecule has 2 fully saturated rings. The van der Waals surface area contributed by atoms with Crippen molar-refractivity contribution in [1.29, 1.82) is 0 Å². The predicted molar refractivity (Wildman–Crippen MR) is 77.8 cm³/mol. The van der Waals surface area contributed by atoms with E-state index in [1.165, 1.54) is 31.8 Å². The van der Waals surface area contributed by atoms with Crippen LogP contribution in [0.1, 0.15) is 45.4 Å². The summed E-state index contributed by atoms with van der Waals surface area (Å²) in [6, 6.07) is 0. The third-order valence-electron chi connectivity index (χ3n) is 5.36. The Morgan fingerprint density at radius 3 is 2.68 bits per heavy atom. The zero-order valence-electron chi connectivity index (χ0n) is 11.9. The highest BCUT2D eigenvalue weighted by atomic mass is 16.4. The second-order valence-electron chi connectivity index (χ2n) is 6.32. The summed E-state index contributed by atoms with van der Waals surface area (Å²) < 4.78 is 0. The number of carbonyl (C=O) groups is 1. The predicted octanol–water partition coefficient (Wildman–Crippen LogP) is 4.28. The smallest absolute Gasteiger partial charge is 0.310 e. The molecule has 2 saturated carbocycles. The van der Waals surface area contributed by atoms with Crippen LogP contribution < -0.4 is 0 Å². The van der Waals surface area contributed by atoms with Crippen LogP contribution in [0.3, 0.4) is 0 Å². The van der Waals surface area contributed by atoms with Gasteiger partial charge in [-0.05, 0) is 62.2 Å². The van der Waals surface area contributed by atoms with Gasteiger partial charge in [0.15, 0.2) is 0 Å². The fourth-order valence-electron chi connectivity index (χ4n) is 4.09.